The average molecular weight is 616 g/mol. The van der Waals surface area contributed by atoms with Crippen LogP contribution in [-0.4, -0.2) is 72.4 Å². The number of rotatable bonds is 7. The second-order valence-corrected chi connectivity index (χ2v) is 9.87. The Balaban J connectivity index is 1.45. The summed E-state index contributed by atoms with van der Waals surface area (Å²) in [7, 11) is 1.28. The zero-order valence-corrected chi connectivity index (χ0v) is 23.3. The van der Waals surface area contributed by atoms with E-state index < -0.39 is 59.1 Å². The normalized spacial score (nSPS) is 16.7. The molecule has 1 fully saturated rings. The Kier molecular flexibility index (Phi) is 9.73. The van der Waals surface area contributed by atoms with Crippen molar-refractivity contribution >= 4 is 29.4 Å². The summed E-state index contributed by atoms with van der Waals surface area (Å²) in [5.41, 5.74) is -0.0299. The van der Waals surface area contributed by atoms with E-state index in [1.165, 1.54) is 55.6 Å². The summed E-state index contributed by atoms with van der Waals surface area (Å²) >= 11 is 0. The number of ether oxygens (including phenoxy) is 2. The molecule has 1 saturated heterocycles. The van der Waals surface area contributed by atoms with Crippen molar-refractivity contribution in [2.45, 2.75) is 31.2 Å². The second kappa shape index (κ2) is 13.5. The van der Waals surface area contributed by atoms with E-state index in [1.807, 2.05) is 0 Å². The molecule has 0 radical (unpaired) electrons. The largest absolute Gasteiger partial charge is 0.508 e. The van der Waals surface area contributed by atoms with E-state index >= 15 is 0 Å². The highest BCUT2D eigenvalue weighted by atomic mass is 19.4. The first-order valence-electron chi connectivity index (χ1n) is 13.4. The summed E-state index contributed by atoms with van der Waals surface area (Å²) in [5.74, 6) is -6.12. The maximum atomic E-state index is 13.1. The highest BCUT2D eigenvalue weighted by Crippen LogP contribution is 2.32. The SMILES string of the molecule is CN(C(=O)c1c(O)cccc1OC(=O)C(F)(F)F)c1ccc(C(=O)O[C@@H]2CCCNC[C@H]2NC(=O)c2ccc(O)cc2)cc1. The van der Waals surface area contributed by atoms with Crippen LogP contribution in [0.3, 0.4) is 0 Å². The molecule has 44 heavy (non-hydrogen) atoms. The molecule has 2 amide bonds. The van der Waals surface area contributed by atoms with Crippen LogP contribution in [0.1, 0.15) is 43.9 Å². The first-order valence-corrected chi connectivity index (χ1v) is 13.4. The number of nitrogens with zero attached hydrogens (tertiary/aromatic N) is 1. The number of halogens is 3. The van der Waals surface area contributed by atoms with Crippen molar-refractivity contribution in [3.63, 3.8) is 0 Å². The number of phenols is 2. The molecule has 0 saturated carbocycles. The highest BCUT2D eigenvalue weighted by Gasteiger charge is 2.42. The van der Waals surface area contributed by atoms with Gasteiger partial charge < -0.3 is 35.2 Å². The van der Waals surface area contributed by atoms with Gasteiger partial charge in [0.05, 0.1) is 11.6 Å². The summed E-state index contributed by atoms with van der Waals surface area (Å²) in [6, 6.07) is 13.8. The monoisotopic (exact) mass is 615 g/mol. The molecule has 1 aliphatic heterocycles. The van der Waals surface area contributed by atoms with Crippen LogP contribution in [0, 0.1) is 0 Å². The number of carbonyl (C=O) groups is 4. The lowest BCUT2D eigenvalue weighted by Gasteiger charge is -2.26. The number of carbonyl (C=O) groups excluding carboxylic acids is 4. The first-order chi connectivity index (χ1) is 20.8. The van der Waals surface area contributed by atoms with Crippen molar-refractivity contribution in [1.29, 1.82) is 0 Å². The van der Waals surface area contributed by atoms with E-state index in [9.17, 15) is 42.6 Å². The van der Waals surface area contributed by atoms with Crippen LogP contribution in [0.15, 0.2) is 66.7 Å². The topological polar surface area (TPSA) is 154 Å². The predicted octanol–water partition coefficient (Wildman–Crippen LogP) is 3.55. The Morgan fingerprint density at radius 2 is 1.61 bits per heavy atom. The van der Waals surface area contributed by atoms with Gasteiger partial charge in [0.25, 0.3) is 11.8 Å². The first kappa shape index (κ1) is 31.8. The van der Waals surface area contributed by atoms with E-state index in [4.69, 9.17) is 4.74 Å². The molecule has 3 aromatic carbocycles. The lowest BCUT2D eigenvalue weighted by atomic mass is 10.1. The number of phenolic OH excluding ortho intramolecular Hbond substituents is 2. The molecule has 4 rings (SSSR count). The number of hydrogen-bond acceptors (Lipinski definition) is 9. The van der Waals surface area contributed by atoms with Crippen molar-refractivity contribution in [1.82, 2.24) is 10.6 Å². The van der Waals surface area contributed by atoms with Crippen molar-refractivity contribution in [3.8, 4) is 17.2 Å². The number of esters is 2. The number of amides is 2. The molecule has 232 valence electrons. The predicted molar refractivity (Wildman–Crippen MR) is 150 cm³/mol. The molecule has 4 N–H and O–H groups in total. The van der Waals surface area contributed by atoms with Crippen molar-refractivity contribution in [2.24, 2.45) is 0 Å². The van der Waals surface area contributed by atoms with Gasteiger partial charge in [-0.2, -0.15) is 13.2 Å². The van der Waals surface area contributed by atoms with E-state index in [0.29, 0.717) is 31.5 Å². The Bertz CT molecular complexity index is 1530. The zero-order chi connectivity index (χ0) is 32.0. The quantitative estimate of drug-likeness (QED) is 0.231. The molecule has 1 heterocycles. The summed E-state index contributed by atoms with van der Waals surface area (Å²) in [5, 5.41) is 25.7. The maximum Gasteiger partial charge on any atom is 0.491 e. The number of hydrogen-bond donors (Lipinski definition) is 4. The molecule has 1 aliphatic rings. The lowest BCUT2D eigenvalue weighted by molar-refractivity contribution is -0.189. The number of alkyl halides is 3. The Morgan fingerprint density at radius 1 is 0.955 bits per heavy atom. The number of anilines is 1. The van der Waals surface area contributed by atoms with Crippen LogP contribution in [0.25, 0.3) is 0 Å². The van der Waals surface area contributed by atoms with Gasteiger partial charge in [-0.1, -0.05) is 6.07 Å². The Hall–Kier alpha value is -5.11. The van der Waals surface area contributed by atoms with Crippen LogP contribution in [0.2, 0.25) is 0 Å². The van der Waals surface area contributed by atoms with Gasteiger partial charge in [0, 0.05) is 24.8 Å². The van der Waals surface area contributed by atoms with E-state index in [1.54, 1.807) is 0 Å². The van der Waals surface area contributed by atoms with Crippen LogP contribution >= 0.6 is 0 Å². The molecule has 14 heteroatoms. The van der Waals surface area contributed by atoms with Gasteiger partial charge in [-0.05, 0) is 80.1 Å². The van der Waals surface area contributed by atoms with Gasteiger partial charge in [-0.3, -0.25) is 9.59 Å². The minimum Gasteiger partial charge on any atom is -0.508 e. The fraction of sp³-hybridized carbons (Fsp3) is 0.267. The van der Waals surface area contributed by atoms with Crippen molar-refractivity contribution in [3.05, 3.63) is 83.4 Å². The third-order valence-electron chi connectivity index (χ3n) is 6.81. The van der Waals surface area contributed by atoms with Crippen LogP contribution in [0.5, 0.6) is 17.2 Å². The van der Waals surface area contributed by atoms with Crippen molar-refractivity contribution < 1.29 is 52.0 Å². The molecule has 0 bridgehead atoms. The summed E-state index contributed by atoms with van der Waals surface area (Å²) < 4.78 is 48.2. The van der Waals surface area contributed by atoms with Gasteiger partial charge in [-0.15, -0.1) is 0 Å². The Labute approximate surface area is 249 Å². The minimum absolute atomic E-state index is 0.0143. The fourth-order valence-electron chi connectivity index (χ4n) is 4.46. The molecule has 11 nitrogen and oxygen atoms in total. The van der Waals surface area contributed by atoms with Crippen LogP contribution in [-0.2, 0) is 9.53 Å². The molecular weight excluding hydrogens is 587 g/mol. The summed E-state index contributed by atoms with van der Waals surface area (Å²) in [4.78, 5) is 51.2. The molecule has 3 aromatic rings. The summed E-state index contributed by atoms with van der Waals surface area (Å²) in [6.07, 6.45) is -4.84. The van der Waals surface area contributed by atoms with Gasteiger partial charge in [-0.25, -0.2) is 9.59 Å². The number of benzene rings is 3. The summed E-state index contributed by atoms with van der Waals surface area (Å²) in [6.45, 7) is 1.00. The Morgan fingerprint density at radius 3 is 2.27 bits per heavy atom. The average Bonchev–Trinajstić information content (AvgIpc) is 3.21. The van der Waals surface area contributed by atoms with Crippen molar-refractivity contribution in [2.75, 3.05) is 25.0 Å². The van der Waals surface area contributed by atoms with E-state index in [2.05, 4.69) is 15.4 Å². The van der Waals surface area contributed by atoms with E-state index in [0.717, 1.165) is 23.1 Å². The van der Waals surface area contributed by atoms with Crippen LogP contribution in [0.4, 0.5) is 18.9 Å². The third-order valence-corrected chi connectivity index (χ3v) is 6.81. The fourth-order valence-corrected chi connectivity index (χ4v) is 4.46. The van der Waals surface area contributed by atoms with Crippen LogP contribution < -0.4 is 20.3 Å². The number of nitrogens with one attached hydrogen (secondary N) is 2. The highest BCUT2D eigenvalue weighted by molar-refractivity contribution is 6.10. The second-order valence-electron chi connectivity index (χ2n) is 9.87. The van der Waals surface area contributed by atoms with Gasteiger partial charge in [0.1, 0.15) is 28.9 Å². The molecule has 2 atom stereocenters. The molecular formula is C30H28F3N3O8. The minimum atomic E-state index is -5.33. The molecule has 0 aliphatic carbocycles. The number of aromatic hydroxyl groups is 2. The van der Waals surface area contributed by atoms with Gasteiger partial charge in [0.15, 0.2) is 0 Å². The zero-order valence-electron chi connectivity index (χ0n) is 23.3. The molecule has 0 unspecified atom stereocenters. The lowest BCUT2D eigenvalue weighted by Crippen LogP contribution is -2.49. The molecule has 0 spiro atoms. The third kappa shape index (κ3) is 7.64. The standard InChI is InChI=1S/C30H28F3N3O8/c1-36(27(40)25-22(38)4-2-5-24(25)44-29(42)30(31,32)33)19-11-7-18(8-12-19)28(41)43-23-6-3-15-34-16-21(23)35-26(39)17-9-13-20(37)14-10-17/h2,4-5,7-14,21,23,34,37-38H,3,6,15-16H2,1H3,(H,35,39)/t21-,23-/m1/s1. The van der Waals surface area contributed by atoms with Gasteiger partial charge >= 0.3 is 18.1 Å². The van der Waals surface area contributed by atoms with E-state index in [-0.39, 0.29) is 17.0 Å². The maximum absolute atomic E-state index is 13.1. The van der Waals surface area contributed by atoms with Gasteiger partial charge in [0.2, 0.25) is 0 Å². The molecule has 0 aromatic heterocycles. The smallest absolute Gasteiger partial charge is 0.491 e.